The van der Waals surface area contributed by atoms with Crippen molar-refractivity contribution in [2.75, 3.05) is 0 Å². The zero-order valence-corrected chi connectivity index (χ0v) is 25.5. The van der Waals surface area contributed by atoms with Crippen LogP contribution in [0.5, 0.6) is 0 Å². The van der Waals surface area contributed by atoms with Crippen molar-refractivity contribution in [3.8, 4) is 22.3 Å². The Kier molecular flexibility index (Phi) is 4.90. The number of hydrogen-bond donors (Lipinski definition) is 0. The summed E-state index contributed by atoms with van der Waals surface area (Å²) < 4.78 is 2.52. The maximum Gasteiger partial charge on any atom is 0.0620 e. The minimum atomic E-state index is 1.25. The predicted octanol–water partition coefficient (Wildman–Crippen LogP) is 12.8. The number of rotatable bonds is 2. The molecule has 0 fully saturated rings. The fraction of sp³-hybridized carbons (Fsp3) is 0. The van der Waals surface area contributed by atoms with E-state index in [1.54, 1.807) is 0 Å². The number of fused-ring (bicyclic) bond motifs is 10. The van der Waals surface area contributed by atoms with Gasteiger partial charge in [0.2, 0.25) is 0 Å². The number of nitrogens with zero attached hydrogens (tertiary/aromatic N) is 1. The van der Waals surface area contributed by atoms with E-state index in [2.05, 4.69) is 168 Å². The Labute approximate surface area is 270 Å². The largest absolute Gasteiger partial charge is 0.308 e. The molecule has 0 amide bonds. The predicted molar refractivity (Wildman–Crippen MR) is 202 cm³/mol. The fourth-order valence-corrected chi connectivity index (χ4v) is 8.41. The molecular weight excluding hydrogens is 567 g/mol. The molecule has 11 rings (SSSR count). The maximum atomic E-state index is 2.52. The van der Waals surface area contributed by atoms with Crippen molar-refractivity contribution < 1.29 is 0 Å². The van der Waals surface area contributed by atoms with Gasteiger partial charge in [0.1, 0.15) is 0 Å². The van der Waals surface area contributed by atoms with E-state index in [4.69, 9.17) is 0 Å². The minimum absolute atomic E-state index is 1.25. The molecule has 0 saturated heterocycles. The quantitative estimate of drug-likeness (QED) is 0.176. The standard InChI is InChI=1S/C46H27N/c1-2-12-28(13-3-1)44-34-18-8-10-20-36(34)45(37-21-11-9-19-35(37)44)33-24-40-38-22-29-14-4-6-16-31(29)26-42(38)47-43-27-32-17-7-5-15-30(32)23-39(43)41(25-33)46(40)47/h1-27H. The summed E-state index contributed by atoms with van der Waals surface area (Å²) in [4.78, 5) is 0. The highest BCUT2D eigenvalue weighted by atomic mass is 14.9. The van der Waals surface area contributed by atoms with Crippen LogP contribution in [0.15, 0.2) is 164 Å². The number of aromatic nitrogens is 1. The fourth-order valence-electron chi connectivity index (χ4n) is 8.41. The molecule has 1 heteroatoms. The van der Waals surface area contributed by atoms with Crippen LogP contribution in [0.3, 0.4) is 0 Å². The summed E-state index contributed by atoms with van der Waals surface area (Å²) >= 11 is 0. The van der Waals surface area contributed by atoms with Crippen molar-refractivity contribution >= 4 is 81.2 Å². The molecule has 0 radical (unpaired) electrons. The Morgan fingerprint density at radius 1 is 0.277 bits per heavy atom. The number of benzene rings is 9. The summed E-state index contributed by atoms with van der Waals surface area (Å²) in [5.74, 6) is 0. The average molecular weight is 594 g/mol. The average Bonchev–Trinajstić information content (AvgIpc) is 3.62. The molecule has 0 saturated carbocycles. The smallest absolute Gasteiger partial charge is 0.0620 e. The normalized spacial score (nSPS) is 12.3. The second kappa shape index (κ2) is 9.19. The van der Waals surface area contributed by atoms with Gasteiger partial charge in [-0.1, -0.05) is 127 Å². The Bertz CT molecular complexity index is 2870. The summed E-state index contributed by atoms with van der Waals surface area (Å²) in [6, 6.07) is 60.8. The van der Waals surface area contributed by atoms with Gasteiger partial charge >= 0.3 is 0 Å². The minimum Gasteiger partial charge on any atom is -0.308 e. The third kappa shape index (κ3) is 3.38. The van der Waals surface area contributed by atoms with Crippen LogP contribution in [0.25, 0.3) is 103 Å². The summed E-state index contributed by atoms with van der Waals surface area (Å²) in [5, 5.41) is 15.4. The summed E-state index contributed by atoms with van der Waals surface area (Å²) in [7, 11) is 0. The molecule has 0 spiro atoms. The zero-order chi connectivity index (χ0) is 30.6. The molecule has 0 unspecified atom stereocenters. The highest BCUT2D eigenvalue weighted by Crippen LogP contribution is 2.48. The first-order valence-electron chi connectivity index (χ1n) is 16.4. The van der Waals surface area contributed by atoms with Gasteiger partial charge in [-0.25, -0.2) is 0 Å². The Morgan fingerprint density at radius 3 is 1.13 bits per heavy atom. The third-order valence-electron chi connectivity index (χ3n) is 10.4. The molecule has 0 bridgehead atoms. The topological polar surface area (TPSA) is 4.41 Å². The molecule has 0 aliphatic carbocycles. The van der Waals surface area contributed by atoms with E-state index < -0.39 is 0 Å². The van der Waals surface area contributed by atoms with Crippen LogP contribution in [0.2, 0.25) is 0 Å². The van der Waals surface area contributed by atoms with E-state index in [0.29, 0.717) is 0 Å². The van der Waals surface area contributed by atoms with Crippen molar-refractivity contribution in [1.82, 2.24) is 4.40 Å². The third-order valence-corrected chi connectivity index (χ3v) is 10.4. The van der Waals surface area contributed by atoms with Gasteiger partial charge in [-0.2, -0.15) is 0 Å². The molecule has 1 nitrogen and oxygen atoms in total. The number of hydrogen-bond acceptors (Lipinski definition) is 0. The van der Waals surface area contributed by atoms with Gasteiger partial charge in [-0.3, -0.25) is 0 Å². The van der Waals surface area contributed by atoms with E-state index in [9.17, 15) is 0 Å². The van der Waals surface area contributed by atoms with Crippen LogP contribution in [0, 0.1) is 0 Å². The molecule has 9 aromatic carbocycles. The van der Waals surface area contributed by atoms with Crippen molar-refractivity contribution in [2.24, 2.45) is 0 Å². The molecule has 0 aliphatic rings. The Morgan fingerprint density at radius 2 is 0.660 bits per heavy atom. The van der Waals surface area contributed by atoms with E-state index in [0.717, 1.165) is 0 Å². The highest BCUT2D eigenvalue weighted by molar-refractivity contribution is 6.29. The first kappa shape index (κ1) is 25.1. The lowest BCUT2D eigenvalue weighted by Crippen LogP contribution is -1.90. The molecule has 216 valence electrons. The van der Waals surface area contributed by atoms with Gasteiger partial charge in [0, 0.05) is 21.5 Å². The lowest BCUT2D eigenvalue weighted by atomic mass is 9.85. The van der Waals surface area contributed by atoms with Crippen LogP contribution in [-0.2, 0) is 0 Å². The monoisotopic (exact) mass is 593 g/mol. The Balaban J connectivity index is 1.35. The summed E-state index contributed by atoms with van der Waals surface area (Å²) in [6.07, 6.45) is 0. The van der Waals surface area contributed by atoms with Crippen molar-refractivity contribution in [2.45, 2.75) is 0 Å². The van der Waals surface area contributed by atoms with Crippen LogP contribution >= 0.6 is 0 Å². The van der Waals surface area contributed by atoms with Crippen LogP contribution in [-0.4, -0.2) is 4.40 Å². The molecular formula is C46H27N. The van der Waals surface area contributed by atoms with Gasteiger partial charge in [-0.15, -0.1) is 0 Å². The van der Waals surface area contributed by atoms with Crippen molar-refractivity contribution in [1.29, 1.82) is 0 Å². The van der Waals surface area contributed by atoms with Crippen molar-refractivity contribution in [3.63, 3.8) is 0 Å². The van der Waals surface area contributed by atoms with Crippen LogP contribution in [0.4, 0.5) is 0 Å². The van der Waals surface area contributed by atoms with Gasteiger partial charge in [0.05, 0.1) is 16.6 Å². The SMILES string of the molecule is c1ccc(-c2c3ccccc3c(-c3cc4c5cc6ccccc6cc5n5c6cc7ccccc7cc6c(c3)c45)c3ccccc23)cc1. The van der Waals surface area contributed by atoms with Gasteiger partial charge in [0.25, 0.3) is 0 Å². The van der Waals surface area contributed by atoms with Crippen molar-refractivity contribution in [3.05, 3.63) is 164 Å². The summed E-state index contributed by atoms with van der Waals surface area (Å²) in [6.45, 7) is 0. The van der Waals surface area contributed by atoms with Crippen LogP contribution < -0.4 is 0 Å². The maximum absolute atomic E-state index is 2.52. The highest BCUT2D eigenvalue weighted by Gasteiger charge is 2.22. The zero-order valence-electron chi connectivity index (χ0n) is 25.5. The Hall–Kier alpha value is -6.18. The molecule has 0 aliphatic heterocycles. The molecule has 11 aromatic rings. The van der Waals surface area contributed by atoms with E-state index in [1.165, 1.54) is 103 Å². The van der Waals surface area contributed by atoms with Gasteiger partial charge < -0.3 is 4.40 Å². The van der Waals surface area contributed by atoms with E-state index >= 15 is 0 Å². The molecule has 2 heterocycles. The summed E-state index contributed by atoms with van der Waals surface area (Å²) in [5.41, 5.74) is 8.93. The molecule has 2 aromatic heterocycles. The second-order valence-electron chi connectivity index (χ2n) is 12.9. The van der Waals surface area contributed by atoms with Gasteiger partial charge in [0.15, 0.2) is 0 Å². The lowest BCUT2D eigenvalue weighted by molar-refractivity contribution is 1.38. The lowest BCUT2D eigenvalue weighted by Gasteiger charge is -2.18. The van der Waals surface area contributed by atoms with E-state index in [1.807, 2.05) is 0 Å². The molecule has 0 atom stereocenters. The van der Waals surface area contributed by atoms with Crippen LogP contribution in [0.1, 0.15) is 0 Å². The van der Waals surface area contributed by atoms with Gasteiger partial charge in [-0.05, 0) is 102 Å². The second-order valence-corrected chi connectivity index (χ2v) is 12.9. The molecule has 47 heavy (non-hydrogen) atoms. The molecule has 0 N–H and O–H groups in total. The van der Waals surface area contributed by atoms with E-state index in [-0.39, 0.29) is 0 Å². The first-order chi connectivity index (χ1) is 23.3. The first-order valence-corrected chi connectivity index (χ1v) is 16.4.